The van der Waals surface area contributed by atoms with Gasteiger partial charge in [0.2, 0.25) is 0 Å². The van der Waals surface area contributed by atoms with Crippen molar-refractivity contribution in [3.05, 3.63) is 96.1 Å². The summed E-state index contributed by atoms with van der Waals surface area (Å²) in [5, 5.41) is 33.5. The summed E-state index contributed by atoms with van der Waals surface area (Å²) >= 11 is 0. The molecule has 0 spiro atoms. The Balaban J connectivity index is 0. The molecule has 4 N–H and O–H groups in total. The van der Waals surface area contributed by atoms with Crippen molar-refractivity contribution >= 4 is 23.9 Å². The molecular formula is C34H48O8. The maximum absolute atomic E-state index is 10.8. The zero-order valence-corrected chi connectivity index (χ0v) is 25.0. The average molecular weight is 585 g/mol. The molecule has 0 saturated carbocycles. The third-order valence-corrected chi connectivity index (χ3v) is 5.60. The molecule has 42 heavy (non-hydrogen) atoms. The number of benzene rings is 2. The van der Waals surface area contributed by atoms with Crippen molar-refractivity contribution in [3.63, 3.8) is 0 Å². The second kappa shape index (κ2) is 28.3. The number of aryl methyl sites for hydroxylation is 1. The summed E-state index contributed by atoms with van der Waals surface area (Å²) in [4.78, 5) is 40.8. The Hall–Kier alpha value is -4.20. The number of carboxylic acid groups (broad SMARTS) is 4. The fraction of sp³-hybridized carbons (Fsp3) is 0.412. The molecule has 0 saturated heterocycles. The molecule has 2 aromatic rings. The Bertz CT molecular complexity index is 1030. The van der Waals surface area contributed by atoms with Gasteiger partial charge in [0.25, 0.3) is 0 Å². The maximum Gasteiger partial charge on any atom is 0.335 e. The van der Waals surface area contributed by atoms with Crippen molar-refractivity contribution in [1.29, 1.82) is 0 Å². The number of unbranched alkanes of at least 4 members (excludes halogenated alkanes) is 6. The molecule has 0 atom stereocenters. The molecule has 0 aromatic heterocycles. The molecule has 8 nitrogen and oxygen atoms in total. The van der Waals surface area contributed by atoms with E-state index < -0.39 is 23.9 Å². The number of allylic oxidation sites excluding steroid dienone is 3. The standard InChI is InChI=1S/C11H14O2.C10H18.C7H6O2.C6H10O4/c1-2-3-6-9-7-4-5-8-10(9)11(12)13;1-3-5-7-9-10-8-6-4-2;8-7(9)6-4-2-1-3-5-6;7-5(8)3-1-2-4-6(9)10/h4-5,7-8H,2-3,6H2,1H3,(H,12,13);3,5,7H,1,4,6,8-10H2,2H3;1-5H,(H,8,9);1-4H2,(H,7,8)(H,9,10). The molecule has 232 valence electrons. The van der Waals surface area contributed by atoms with Gasteiger partial charge < -0.3 is 20.4 Å². The van der Waals surface area contributed by atoms with Gasteiger partial charge in [-0.2, -0.15) is 0 Å². The summed E-state index contributed by atoms with van der Waals surface area (Å²) in [7, 11) is 0. The Kier molecular flexibility index (Phi) is 26.9. The summed E-state index contributed by atoms with van der Waals surface area (Å²) in [5.41, 5.74) is 1.71. The van der Waals surface area contributed by atoms with Crippen LogP contribution >= 0.6 is 0 Å². The first-order valence-electron chi connectivity index (χ1n) is 14.4. The Morgan fingerprint density at radius 3 is 1.67 bits per heavy atom. The van der Waals surface area contributed by atoms with E-state index in [1.165, 1.54) is 32.1 Å². The topological polar surface area (TPSA) is 149 Å². The molecule has 0 fully saturated rings. The Morgan fingerprint density at radius 2 is 1.21 bits per heavy atom. The number of aliphatic carboxylic acids is 2. The van der Waals surface area contributed by atoms with Crippen molar-refractivity contribution in [1.82, 2.24) is 0 Å². The van der Waals surface area contributed by atoms with Crippen LogP contribution in [0, 0.1) is 0 Å². The van der Waals surface area contributed by atoms with Crippen LogP contribution in [0.15, 0.2) is 79.4 Å². The summed E-state index contributed by atoms with van der Waals surface area (Å²) in [6.45, 7) is 7.94. The third-order valence-electron chi connectivity index (χ3n) is 5.60. The van der Waals surface area contributed by atoms with Gasteiger partial charge in [-0.05, 0) is 62.3 Å². The molecule has 8 heteroatoms. The molecule has 0 aliphatic heterocycles. The van der Waals surface area contributed by atoms with Crippen LogP contribution in [-0.2, 0) is 16.0 Å². The number of hydrogen-bond acceptors (Lipinski definition) is 4. The van der Waals surface area contributed by atoms with E-state index >= 15 is 0 Å². The van der Waals surface area contributed by atoms with E-state index in [4.69, 9.17) is 20.4 Å². The summed E-state index contributed by atoms with van der Waals surface area (Å²) in [6, 6.07) is 15.5. The zero-order valence-electron chi connectivity index (χ0n) is 25.0. The number of carbonyl (C=O) groups is 4. The first-order valence-corrected chi connectivity index (χ1v) is 14.4. The van der Waals surface area contributed by atoms with Crippen LogP contribution in [-0.4, -0.2) is 44.3 Å². The summed E-state index contributed by atoms with van der Waals surface area (Å²) < 4.78 is 0. The third kappa shape index (κ3) is 26.0. The van der Waals surface area contributed by atoms with Crippen molar-refractivity contribution in [2.24, 2.45) is 0 Å². The SMILES string of the molecule is C=CC=CCCCCCC.CCCCc1ccccc1C(=O)O.O=C(O)CCCCC(=O)O.O=C(O)c1ccccc1. The summed E-state index contributed by atoms with van der Waals surface area (Å²) in [5.74, 6) is -3.45. The van der Waals surface area contributed by atoms with Crippen LogP contribution in [0.1, 0.15) is 111 Å². The van der Waals surface area contributed by atoms with Crippen molar-refractivity contribution < 1.29 is 39.6 Å². The predicted octanol–water partition coefficient (Wildman–Crippen LogP) is 8.53. The van der Waals surface area contributed by atoms with E-state index in [1.54, 1.807) is 42.5 Å². The first-order chi connectivity index (χ1) is 20.1. The molecule has 0 bridgehead atoms. The number of rotatable bonds is 16. The maximum atomic E-state index is 10.8. The van der Waals surface area contributed by atoms with Gasteiger partial charge >= 0.3 is 23.9 Å². The molecule has 0 aliphatic rings. The van der Waals surface area contributed by atoms with Crippen LogP contribution in [0.25, 0.3) is 0 Å². The second-order valence-corrected chi connectivity index (χ2v) is 9.24. The van der Waals surface area contributed by atoms with Gasteiger partial charge in [-0.15, -0.1) is 0 Å². The van der Waals surface area contributed by atoms with E-state index in [0.29, 0.717) is 24.0 Å². The Morgan fingerprint density at radius 1 is 0.667 bits per heavy atom. The average Bonchev–Trinajstić information content (AvgIpc) is 2.97. The lowest BCUT2D eigenvalue weighted by molar-refractivity contribution is -0.139. The minimum Gasteiger partial charge on any atom is -0.481 e. The van der Waals surface area contributed by atoms with Crippen LogP contribution in [0.2, 0.25) is 0 Å². The molecule has 0 aliphatic carbocycles. The molecule has 0 heterocycles. The first kappa shape index (κ1) is 39.9. The van der Waals surface area contributed by atoms with Gasteiger partial charge in [-0.3, -0.25) is 9.59 Å². The van der Waals surface area contributed by atoms with Crippen molar-refractivity contribution in [2.75, 3.05) is 0 Å². The van der Waals surface area contributed by atoms with E-state index in [9.17, 15) is 19.2 Å². The minimum absolute atomic E-state index is 0.0628. The lowest BCUT2D eigenvalue weighted by Crippen LogP contribution is -2.01. The van der Waals surface area contributed by atoms with Crippen molar-refractivity contribution in [3.8, 4) is 0 Å². The highest BCUT2D eigenvalue weighted by Crippen LogP contribution is 2.11. The van der Waals surface area contributed by atoms with Gasteiger partial charge in [0.1, 0.15) is 0 Å². The number of hydrogen-bond donors (Lipinski definition) is 4. The van der Waals surface area contributed by atoms with Gasteiger partial charge in [-0.1, -0.05) is 101 Å². The van der Waals surface area contributed by atoms with Gasteiger partial charge in [-0.25, -0.2) is 9.59 Å². The van der Waals surface area contributed by atoms with Gasteiger partial charge in [0, 0.05) is 12.8 Å². The van der Waals surface area contributed by atoms with Gasteiger partial charge in [0.15, 0.2) is 0 Å². The lowest BCUT2D eigenvalue weighted by atomic mass is 10.0. The monoisotopic (exact) mass is 584 g/mol. The van der Waals surface area contributed by atoms with Crippen LogP contribution in [0.3, 0.4) is 0 Å². The predicted molar refractivity (Wildman–Crippen MR) is 167 cm³/mol. The fourth-order valence-corrected chi connectivity index (χ4v) is 3.33. The lowest BCUT2D eigenvalue weighted by Gasteiger charge is -2.03. The van der Waals surface area contributed by atoms with E-state index in [-0.39, 0.29) is 12.8 Å². The molecular weight excluding hydrogens is 536 g/mol. The van der Waals surface area contributed by atoms with Gasteiger partial charge in [0.05, 0.1) is 11.1 Å². The smallest absolute Gasteiger partial charge is 0.335 e. The number of aromatic carboxylic acids is 2. The zero-order chi connectivity index (χ0) is 32.0. The number of carboxylic acids is 4. The van der Waals surface area contributed by atoms with Crippen molar-refractivity contribution in [2.45, 2.75) is 90.9 Å². The van der Waals surface area contributed by atoms with E-state index in [0.717, 1.165) is 24.8 Å². The molecule has 0 amide bonds. The fourth-order valence-electron chi connectivity index (χ4n) is 3.33. The molecule has 0 radical (unpaired) electrons. The highest BCUT2D eigenvalue weighted by molar-refractivity contribution is 5.89. The highest BCUT2D eigenvalue weighted by Gasteiger charge is 2.07. The molecule has 0 unspecified atom stereocenters. The van der Waals surface area contributed by atoms with Crippen LogP contribution < -0.4 is 0 Å². The highest BCUT2D eigenvalue weighted by atomic mass is 16.4. The molecule has 2 aromatic carbocycles. The quantitative estimate of drug-likeness (QED) is 0.113. The van der Waals surface area contributed by atoms with E-state index in [1.807, 2.05) is 24.3 Å². The Labute approximate surface area is 250 Å². The van der Waals surface area contributed by atoms with E-state index in [2.05, 4.69) is 26.5 Å². The summed E-state index contributed by atoms with van der Waals surface area (Å²) in [6.07, 6.45) is 16.7. The van der Waals surface area contributed by atoms with Crippen LogP contribution in [0.4, 0.5) is 0 Å². The normalized spacial score (nSPS) is 9.67. The second-order valence-electron chi connectivity index (χ2n) is 9.24. The van der Waals surface area contributed by atoms with Crippen LogP contribution in [0.5, 0.6) is 0 Å². The minimum atomic E-state index is -0.879. The molecule has 2 rings (SSSR count). The largest absolute Gasteiger partial charge is 0.481 e.